The largest absolute Gasteiger partial charge is 0.329 e. The van der Waals surface area contributed by atoms with Gasteiger partial charge in [0.25, 0.3) is 5.91 Å². The first-order chi connectivity index (χ1) is 9.74. The highest BCUT2D eigenvalue weighted by atomic mass is 16.2. The van der Waals surface area contributed by atoms with Gasteiger partial charge in [0, 0.05) is 12.7 Å². The normalized spacial score (nSPS) is 26.6. The van der Waals surface area contributed by atoms with Crippen LogP contribution in [0, 0.1) is 0 Å². The molecular weight excluding hydrogens is 254 g/mol. The molecule has 0 radical (unpaired) electrons. The van der Waals surface area contributed by atoms with E-state index in [0.29, 0.717) is 13.0 Å². The highest BCUT2D eigenvalue weighted by Gasteiger charge is 2.46. The zero-order valence-corrected chi connectivity index (χ0v) is 11.7. The van der Waals surface area contributed by atoms with Crippen LogP contribution in [-0.2, 0) is 9.59 Å². The lowest BCUT2D eigenvalue weighted by Crippen LogP contribution is -2.66. The van der Waals surface area contributed by atoms with Gasteiger partial charge in [-0.05, 0) is 37.8 Å². The van der Waals surface area contributed by atoms with Crippen molar-refractivity contribution < 1.29 is 9.59 Å². The molecule has 0 spiro atoms. The maximum atomic E-state index is 12.8. The Morgan fingerprint density at radius 3 is 2.85 bits per heavy atom. The van der Waals surface area contributed by atoms with Crippen molar-refractivity contribution in [1.82, 2.24) is 9.88 Å². The van der Waals surface area contributed by atoms with Crippen molar-refractivity contribution in [2.45, 2.75) is 44.7 Å². The molecule has 0 aliphatic carbocycles. The number of nitrogens with zero attached hydrogens (tertiary/aromatic N) is 3. The summed E-state index contributed by atoms with van der Waals surface area (Å²) in [7, 11) is 0. The number of piperidine rings is 1. The third kappa shape index (κ3) is 1.97. The minimum atomic E-state index is -0.388. The standard InChI is InChI=1S/C15H19N3O2/c1-2-12-14(19)17-9-4-3-7-13(17)15(20)18(12)11-6-5-8-16-10-11/h5-6,8,10,12-13H,2-4,7,9H2,1H3. The molecule has 3 heterocycles. The van der Waals surface area contributed by atoms with E-state index in [1.807, 2.05) is 13.0 Å². The van der Waals surface area contributed by atoms with Gasteiger partial charge in [-0.15, -0.1) is 0 Å². The molecule has 0 N–H and O–H groups in total. The molecule has 2 fully saturated rings. The van der Waals surface area contributed by atoms with E-state index in [4.69, 9.17) is 0 Å². The maximum Gasteiger partial charge on any atom is 0.250 e. The Morgan fingerprint density at radius 1 is 1.30 bits per heavy atom. The quantitative estimate of drug-likeness (QED) is 0.822. The van der Waals surface area contributed by atoms with Crippen LogP contribution in [0.5, 0.6) is 0 Å². The van der Waals surface area contributed by atoms with Crippen molar-refractivity contribution >= 4 is 17.5 Å². The second-order valence-electron chi connectivity index (χ2n) is 5.39. The molecule has 5 nitrogen and oxygen atoms in total. The molecule has 2 atom stereocenters. The first-order valence-electron chi connectivity index (χ1n) is 7.27. The van der Waals surface area contributed by atoms with Gasteiger partial charge in [-0.25, -0.2) is 0 Å². The Bertz CT molecular complexity index is 517. The number of aromatic nitrogens is 1. The zero-order valence-electron chi connectivity index (χ0n) is 11.7. The van der Waals surface area contributed by atoms with E-state index in [9.17, 15) is 9.59 Å². The number of anilines is 1. The third-order valence-electron chi connectivity index (χ3n) is 4.22. The molecule has 106 valence electrons. The topological polar surface area (TPSA) is 53.5 Å². The van der Waals surface area contributed by atoms with E-state index >= 15 is 0 Å². The zero-order chi connectivity index (χ0) is 14.1. The van der Waals surface area contributed by atoms with Crippen LogP contribution in [0.2, 0.25) is 0 Å². The van der Waals surface area contributed by atoms with Crippen LogP contribution < -0.4 is 4.90 Å². The van der Waals surface area contributed by atoms with E-state index < -0.39 is 0 Å². The molecule has 3 rings (SSSR count). The Balaban J connectivity index is 1.99. The SMILES string of the molecule is CCC1C(=O)N2CCCCC2C(=O)N1c1cccnc1. The fourth-order valence-corrected chi connectivity index (χ4v) is 3.23. The minimum Gasteiger partial charge on any atom is -0.329 e. The van der Waals surface area contributed by atoms with Crippen molar-refractivity contribution in [3.05, 3.63) is 24.5 Å². The number of hydrogen-bond donors (Lipinski definition) is 0. The number of piperazine rings is 1. The predicted molar refractivity (Wildman–Crippen MR) is 75.2 cm³/mol. The lowest BCUT2D eigenvalue weighted by atomic mass is 9.94. The molecule has 20 heavy (non-hydrogen) atoms. The molecule has 1 aromatic heterocycles. The van der Waals surface area contributed by atoms with Crippen LogP contribution in [0.3, 0.4) is 0 Å². The van der Waals surface area contributed by atoms with Crippen molar-refractivity contribution in [2.75, 3.05) is 11.4 Å². The lowest BCUT2D eigenvalue weighted by Gasteiger charge is -2.46. The van der Waals surface area contributed by atoms with Crippen LogP contribution in [0.15, 0.2) is 24.5 Å². The van der Waals surface area contributed by atoms with Crippen molar-refractivity contribution in [3.8, 4) is 0 Å². The fraction of sp³-hybridized carbons (Fsp3) is 0.533. The number of rotatable bonds is 2. The van der Waals surface area contributed by atoms with E-state index in [1.165, 1.54) is 0 Å². The molecular formula is C15H19N3O2. The number of hydrogen-bond acceptors (Lipinski definition) is 3. The Morgan fingerprint density at radius 2 is 2.15 bits per heavy atom. The van der Waals surface area contributed by atoms with Gasteiger partial charge in [0.15, 0.2) is 0 Å². The Kier molecular flexibility index (Phi) is 3.42. The first kappa shape index (κ1) is 13.1. The van der Waals surface area contributed by atoms with Crippen LogP contribution in [0.25, 0.3) is 0 Å². The minimum absolute atomic E-state index is 0.0455. The Labute approximate surface area is 118 Å². The van der Waals surface area contributed by atoms with Crippen molar-refractivity contribution in [1.29, 1.82) is 0 Å². The molecule has 0 bridgehead atoms. The van der Waals surface area contributed by atoms with Gasteiger partial charge in [-0.2, -0.15) is 0 Å². The van der Waals surface area contributed by atoms with E-state index in [2.05, 4.69) is 4.98 Å². The van der Waals surface area contributed by atoms with Crippen LogP contribution in [0.1, 0.15) is 32.6 Å². The Hall–Kier alpha value is -1.91. The predicted octanol–water partition coefficient (Wildman–Crippen LogP) is 1.59. The maximum absolute atomic E-state index is 12.8. The van der Waals surface area contributed by atoms with E-state index in [0.717, 1.165) is 24.9 Å². The molecule has 2 amide bonds. The number of carbonyl (C=O) groups is 2. The summed E-state index contributed by atoms with van der Waals surface area (Å²) in [6.07, 6.45) is 6.75. The summed E-state index contributed by atoms with van der Waals surface area (Å²) in [6, 6.07) is 2.98. The molecule has 2 saturated heterocycles. The average Bonchev–Trinajstić information content (AvgIpc) is 2.51. The molecule has 2 unspecified atom stereocenters. The third-order valence-corrected chi connectivity index (χ3v) is 4.22. The fourth-order valence-electron chi connectivity index (χ4n) is 3.23. The van der Waals surface area contributed by atoms with Gasteiger partial charge in [-0.3, -0.25) is 19.5 Å². The van der Waals surface area contributed by atoms with Crippen molar-refractivity contribution in [3.63, 3.8) is 0 Å². The van der Waals surface area contributed by atoms with Crippen LogP contribution in [0.4, 0.5) is 5.69 Å². The number of carbonyl (C=O) groups excluding carboxylic acids is 2. The number of pyridine rings is 1. The second-order valence-corrected chi connectivity index (χ2v) is 5.39. The lowest BCUT2D eigenvalue weighted by molar-refractivity contribution is -0.148. The van der Waals surface area contributed by atoms with Gasteiger partial charge in [0.2, 0.25) is 5.91 Å². The van der Waals surface area contributed by atoms with Gasteiger partial charge in [0.05, 0.1) is 11.9 Å². The first-order valence-corrected chi connectivity index (χ1v) is 7.27. The van der Waals surface area contributed by atoms with Crippen LogP contribution in [-0.4, -0.2) is 40.3 Å². The summed E-state index contributed by atoms with van der Waals surface area (Å²) in [6.45, 7) is 2.66. The van der Waals surface area contributed by atoms with E-state index in [1.54, 1.807) is 28.3 Å². The monoisotopic (exact) mass is 273 g/mol. The van der Waals surface area contributed by atoms with Crippen molar-refractivity contribution in [2.24, 2.45) is 0 Å². The summed E-state index contributed by atoms with van der Waals surface area (Å²) in [5.41, 5.74) is 0.725. The summed E-state index contributed by atoms with van der Waals surface area (Å²) in [5, 5.41) is 0. The summed E-state index contributed by atoms with van der Waals surface area (Å²) in [5.74, 6) is 0.129. The van der Waals surface area contributed by atoms with Gasteiger partial charge < -0.3 is 4.90 Å². The molecule has 0 saturated carbocycles. The highest BCUT2D eigenvalue weighted by molar-refractivity contribution is 6.08. The summed E-state index contributed by atoms with van der Waals surface area (Å²) in [4.78, 5) is 32.9. The average molecular weight is 273 g/mol. The van der Waals surface area contributed by atoms with Crippen LogP contribution >= 0.6 is 0 Å². The number of amides is 2. The highest BCUT2D eigenvalue weighted by Crippen LogP contribution is 2.30. The molecule has 2 aliphatic rings. The van der Waals surface area contributed by atoms with Gasteiger partial charge in [-0.1, -0.05) is 6.92 Å². The molecule has 0 aromatic carbocycles. The smallest absolute Gasteiger partial charge is 0.250 e. The summed E-state index contributed by atoms with van der Waals surface area (Å²) >= 11 is 0. The second kappa shape index (κ2) is 5.23. The van der Waals surface area contributed by atoms with Gasteiger partial charge in [0.1, 0.15) is 12.1 Å². The summed E-state index contributed by atoms with van der Waals surface area (Å²) < 4.78 is 0. The van der Waals surface area contributed by atoms with E-state index in [-0.39, 0.29) is 23.9 Å². The number of fused-ring (bicyclic) bond motifs is 1. The van der Waals surface area contributed by atoms with Gasteiger partial charge >= 0.3 is 0 Å². The molecule has 1 aromatic rings. The molecule has 5 heteroatoms. The molecule has 2 aliphatic heterocycles.